The number of para-hydroxylation sites is 2. The topological polar surface area (TPSA) is 18.1 Å². The Morgan fingerprint density at radius 2 is 1.18 bits per heavy atom. The van der Waals surface area contributed by atoms with Crippen molar-refractivity contribution in [1.82, 2.24) is 4.57 Å². The Kier molecular flexibility index (Phi) is 4.37. The Bertz CT molecular complexity index is 2550. The number of hydrogen-bond acceptors (Lipinski definition) is 1. The van der Waals surface area contributed by atoms with E-state index in [4.69, 9.17) is 4.42 Å². The molecular formula is C42H31NO. The Morgan fingerprint density at radius 3 is 2.00 bits per heavy atom. The van der Waals surface area contributed by atoms with Gasteiger partial charge in [-0.1, -0.05) is 119 Å². The Morgan fingerprint density at radius 1 is 0.545 bits per heavy atom. The normalized spacial score (nSPS) is 15.6. The summed E-state index contributed by atoms with van der Waals surface area (Å²) in [4.78, 5) is 0. The molecule has 2 heterocycles. The average molecular weight is 566 g/mol. The van der Waals surface area contributed by atoms with Crippen molar-refractivity contribution in [2.45, 2.75) is 38.5 Å². The lowest BCUT2D eigenvalue weighted by Crippen LogP contribution is -2.15. The Hall–Kier alpha value is -5.08. The van der Waals surface area contributed by atoms with Gasteiger partial charge in [0, 0.05) is 49.2 Å². The van der Waals surface area contributed by atoms with Crippen molar-refractivity contribution in [1.29, 1.82) is 0 Å². The molecule has 0 spiro atoms. The van der Waals surface area contributed by atoms with Crippen LogP contribution in [-0.2, 0) is 10.8 Å². The summed E-state index contributed by atoms with van der Waals surface area (Å²) in [6, 6.07) is 42.5. The summed E-state index contributed by atoms with van der Waals surface area (Å²) in [5.41, 5.74) is 16.1. The molecule has 0 amide bonds. The lowest BCUT2D eigenvalue weighted by Gasteiger charge is -2.23. The molecule has 0 saturated heterocycles. The SMILES string of the molecule is CC1(C)c2ccccc2-c2ccc(-n3c4ccccc4c4c5c(oc6ccccc65)c5c(c43)-c3ccccc3C5(C)C)cc21. The van der Waals surface area contributed by atoms with Gasteiger partial charge >= 0.3 is 0 Å². The third-order valence-electron chi connectivity index (χ3n) is 10.8. The fourth-order valence-electron chi connectivity index (χ4n) is 8.77. The van der Waals surface area contributed by atoms with Gasteiger partial charge in [-0.15, -0.1) is 0 Å². The van der Waals surface area contributed by atoms with Gasteiger partial charge in [-0.05, 0) is 57.6 Å². The highest BCUT2D eigenvalue weighted by Gasteiger charge is 2.42. The molecule has 2 nitrogen and oxygen atoms in total. The van der Waals surface area contributed by atoms with Crippen LogP contribution in [0, 0.1) is 0 Å². The van der Waals surface area contributed by atoms with Crippen molar-refractivity contribution in [3.63, 3.8) is 0 Å². The summed E-state index contributed by atoms with van der Waals surface area (Å²) < 4.78 is 9.39. The highest BCUT2D eigenvalue weighted by Crippen LogP contribution is 2.58. The van der Waals surface area contributed by atoms with Gasteiger partial charge in [-0.25, -0.2) is 0 Å². The van der Waals surface area contributed by atoms with Crippen molar-refractivity contribution >= 4 is 43.7 Å². The maximum atomic E-state index is 6.85. The number of aromatic nitrogens is 1. The minimum Gasteiger partial charge on any atom is -0.456 e. The van der Waals surface area contributed by atoms with Crippen LogP contribution in [0.3, 0.4) is 0 Å². The van der Waals surface area contributed by atoms with E-state index in [1.54, 1.807) is 0 Å². The van der Waals surface area contributed by atoms with Crippen LogP contribution in [0.15, 0.2) is 120 Å². The number of furan rings is 1. The zero-order valence-corrected chi connectivity index (χ0v) is 25.3. The molecular weight excluding hydrogens is 534 g/mol. The van der Waals surface area contributed by atoms with Crippen molar-refractivity contribution in [2.24, 2.45) is 0 Å². The van der Waals surface area contributed by atoms with Gasteiger partial charge in [0.2, 0.25) is 0 Å². The van der Waals surface area contributed by atoms with Crippen LogP contribution in [0.1, 0.15) is 49.9 Å². The molecule has 8 aromatic rings. The third kappa shape index (κ3) is 2.74. The van der Waals surface area contributed by atoms with Gasteiger partial charge in [0.15, 0.2) is 0 Å². The van der Waals surface area contributed by atoms with E-state index in [9.17, 15) is 0 Å². The number of hydrogen-bond donors (Lipinski definition) is 0. The first-order valence-electron chi connectivity index (χ1n) is 15.6. The number of benzene rings is 6. The first kappa shape index (κ1) is 24.4. The van der Waals surface area contributed by atoms with Crippen LogP contribution < -0.4 is 0 Å². The molecule has 10 rings (SSSR count). The summed E-state index contributed by atoms with van der Waals surface area (Å²) in [6.45, 7) is 9.45. The molecule has 210 valence electrons. The second-order valence-corrected chi connectivity index (χ2v) is 13.7. The van der Waals surface area contributed by atoms with E-state index in [1.807, 2.05) is 0 Å². The van der Waals surface area contributed by atoms with E-state index in [0.29, 0.717) is 0 Å². The molecule has 0 unspecified atom stereocenters. The highest BCUT2D eigenvalue weighted by molar-refractivity contribution is 6.32. The zero-order valence-electron chi connectivity index (χ0n) is 25.3. The van der Waals surface area contributed by atoms with Crippen molar-refractivity contribution < 1.29 is 4.42 Å². The van der Waals surface area contributed by atoms with Crippen LogP contribution in [0.2, 0.25) is 0 Å². The molecule has 0 fully saturated rings. The fourth-order valence-corrected chi connectivity index (χ4v) is 8.77. The van der Waals surface area contributed by atoms with Crippen LogP contribution in [0.5, 0.6) is 0 Å². The Labute approximate surface area is 256 Å². The second kappa shape index (κ2) is 7.89. The highest BCUT2D eigenvalue weighted by atomic mass is 16.3. The molecule has 0 N–H and O–H groups in total. The molecule has 0 bridgehead atoms. The van der Waals surface area contributed by atoms with Gasteiger partial charge < -0.3 is 8.98 Å². The summed E-state index contributed by atoms with van der Waals surface area (Å²) in [5, 5.41) is 4.93. The molecule has 0 saturated carbocycles. The predicted octanol–water partition coefficient (Wildman–Crippen LogP) is 11.3. The minimum atomic E-state index is -0.213. The van der Waals surface area contributed by atoms with Crippen LogP contribution in [-0.4, -0.2) is 4.57 Å². The fraction of sp³-hybridized carbons (Fsp3) is 0.143. The largest absolute Gasteiger partial charge is 0.456 e. The van der Waals surface area contributed by atoms with Gasteiger partial charge in [0.25, 0.3) is 0 Å². The first-order valence-corrected chi connectivity index (χ1v) is 15.6. The van der Waals surface area contributed by atoms with Crippen molar-refractivity contribution in [2.75, 3.05) is 0 Å². The van der Waals surface area contributed by atoms with Crippen molar-refractivity contribution in [3.05, 3.63) is 138 Å². The molecule has 0 radical (unpaired) electrons. The Balaban J connectivity index is 1.44. The van der Waals surface area contributed by atoms with E-state index in [1.165, 1.54) is 82.8 Å². The minimum absolute atomic E-state index is 0.0781. The lowest BCUT2D eigenvalue weighted by atomic mass is 9.81. The smallest absolute Gasteiger partial charge is 0.140 e. The lowest BCUT2D eigenvalue weighted by molar-refractivity contribution is 0.620. The summed E-state index contributed by atoms with van der Waals surface area (Å²) in [5.74, 6) is 0. The summed E-state index contributed by atoms with van der Waals surface area (Å²) in [7, 11) is 0. The molecule has 0 aliphatic heterocycles. The number of rotatable bonds is 1. The van der Waals surface area contributed by atoms with E-state index in [0.717, 1.165) is 11.2 Å². The monoisotopic (exact) mass is 565 g/mol. The maximum Gasteiger partial charge on any atom is 0.140 e. The van der Waals surface area contributed by atoms with Gasteiger partial charge in [-0.2, -0.15) is 0 Å². The number of nitrogens with zero attached hydrogens (tertiary/aromatic N) is 1. The zero-order chi connectivity index (χ0) is 29.5. The molecule has 2 aliphatic rings. The quantitative estimate of drug-likeness (QED) is 0.194. The molecule has 0 atom stereocenters. The molecule has 2 aliphatic carbocycles. The standard InChI is InChI=1S/C42H31NO/c1-41(2)30-17-9-5-13-25(30)26-22-21-24(23-32(26)41)43-33-19-11-7-15-28(33)35-36-29-16-8-12-20-34(29)44-40(36)38-37(39(35)43)27-14-6-10-18-31(27)42(38,3)4/h5-23H,1-4H3. The van der Waals surface area contributed by atoms with E-state index < -0.39 is 0 Å². The maximum absolute atomic E-state index is 6.85. The molecule has 2 heteroatoms. The molecule has 2 aromatic heterocycles. The van der Waals surface area contributed by atoms with E-state index >= 15 is 0 Å². The number of fused-ring (bicyclic) bond motifs is 15. The van der Waals surface area contributed by atoms with E-state index in [2.05, 4.69) is 148 Å². The molecule has 44 heavy (non-hydrogen) atoms. The van der Waals surface area contributed by atoms with Crippen LogP contribution in [0.4, 0.5) is 0 Å². The van der Waals surface area contributed by atoms with Crippen molar-refractivity contribution in [3.8, 4) is 27.9 Å². The summed E-state index contributed by atoms with van der Waals surface area (Å²) >= 11 is 0. The van der Waals surface area contributed by atoms with Gasteiger partial charge in [0.05, 0.1) is 11.0 Å². The van der Waals surface area contributed by atoms with Gasteiger partial charge in [-0.3, -0.25) is 0 Å². The first-order chi connectivity index (χ1) is 21.4. The second-order valence-electron chi connectivity index (χ2n) is 13.7. The van der Waals surface area contributed by atoms with Gasteiger partial charge in [0.1, 0.15) is 11.2 Å². The average Bonchev–Trinajstić information content (AvgIpc) is 3.72. The van der Waals surface area contributed by atoms with Crippen LogP contribution in [0.25, 0.3) is 71.7 Å². The summed E-state index contributed by atoms with van der Waals surface area (Å²) in [6.07, 6.45) is 0. The van der Waals surface area contributed by atoms with E-state index in [-0.39, 0.29) is 10.8 Å². The molecule has 6 aromatic carbocycles. The third-order valence-corrected chi connectivity index (χ3v) is 10.8. The predicted molar refractivity (Wildman–Crippen MR) is 183 cm³/mol. The van der Waals surface area contributed by atoms with Crippen LogP contribution >= 0.6 is 0 Å².